The molecule has 9 nitrogen and oxygen atoms in total. The smallest absolute Gasteiger partial charge is 0.255 e. The lowest BCUT2D eigenvalue weighted by Gasteiger charge is -2.35. The van der Waals surface area contributed by atoms with Gasteiger partial charge in [0, 0.05) is 62.0 Å². The Morgan fingerprint density at radius 2 is 1.48 bits per heavy atom. The van der Waals surface area contributed by atoms with Crippen LogP contribution in [0, 0.1) is 0 Å². The number of fused-ring (bicyclic) bond motifs is 4. The highest BCUT2D eigenvalue weighted by molar-refractivity contribution is 6.01. The van der Waals surface area contributed by atoms with Gasteiger partial charge in [-0.1, -0.05) is 55.1 Å². The Kier molecular flexibility index (Phi) is 9.37. The zero-order valence-electron chi connectivity index (χ0n) is 30.7. The Bertz CT molecular complexity index is 2050. The molecule has 0 aromatic heterocycles. The van der Waals surface area contributed by atoms with Crippen LogP contribution in [0.5, 0.6) is 17.2 Å². The van der Waals surface area contributed by atoms with Crippen LogP contribution in [-0.2, 0) is 17.8 Å². The lowest BCUT2D eigenvalue weighted by atomic mass is 9.69. The predicted molar refractivity (Wildman–Crippen MR) is 207 cm³/mol. The molecule has 5 atom stereocenters. The lowest BCUT2D eigenvalue weighted by Crippen LogP contribution is -2.49. The zero-order chi connectivity index (χ0) is 36.8. The quantitative estimate of drug-likeness (QED) is 0.190. The van der Waals surface area contributed by atoms with Crippen LogP contribution >= 0.6 is 0 Å². The summed E-state index contributed by atoms with van der Waals surface area (Å²) in [5, 5.41) is 13.0. The molecule has 3 fully saturated rings. The molecule has 0 spiro atoms. The Morgan fingerprint density at radius 3 is 2.20 bits per heavy atom. The van der Waals surface area contributed by atoms with Crippen molar-refractivity contribution in [1.29, 1.82) is 0 Å². The summed E-state index contributed by atoms with van der Waals surface area (Å²) in [6, 6.07) is 31.6. The number of allylic oxidation sites excluding steroid dienone is 1. The number of rotatable bonds is 11. The molecule has 5 aliphatic rings. The maximum Gasteiger partial charge on any atom is 0.255 e. The van der Waals surface area contributed by atoms with Gasteiger partial charge in [-0.15, -0.1) is 0 Å². The second kappa shape index (κ2) is 14.6. The van der Waals surface area contributed by atoms with Crippen molar-refractivity contribution in [2.75, 3.05) is 39.4 Å². The number of carbonyl (C=O) groups excluding carboxylic acids is 2. The summed E-state index contributed by atoms with van der Waals surface area (Å²) < 4.78 is 12.5. The number of piperazine rings is 1. The van der Waals surface area contributed by atoms with Crippen LogP contribution in [0.1, 0.15) is 75.7 Å². The van der Waals surface area contributed by atoms with Crippen LogP contribution < -0.4 is 14.8 Å². The van der Waals surface area contributed by atoms with E-state index in [-0.39, 0.29) is 17.7 Å². The maximum atomic E-state index is 13.1. The van der Waals surface area contributed by atoms with Gasteiger partial charge >= 0.3 is 0 Å². The third kappa shape index (κ3) is 6.75. The molecule has 2 amide bonds. The Balaban J connectivity index is 0.742. The van der Waals surface area contributed by atoms with E-state index in [2.05, 4.69) is 82.4 Å². The van der Waals surface area contributed by atoms with Crippen LogP contribution in [0.2, 0.25) is 0 Å². The molecule has 0 unspecified atom stereocenters. The molecule has 2 N–H and O–H groups in total. The summed E-state index contributed by atoms with van der Waals surface area (Å²) in [7, 11) is 0. The summed E-state index contributed by atoms with van der Waals surface area (Å²) >= 11 is 0. The van der Waals surface area contributed by atoms with Gasteiger partial charge in [0.25, 0.3) is 5.91 Å². The van der Waals surface area contributed by atoms with Gasteiger partial charge in [0.1, 0.15) is 36.5 Å². The topological polar surface area (TPSA) is 94.6 Å². The molecule has 4 heterocycles. The van der Waals surface area contributed by atoms with Crippen LogP contribution in [-0.4, -0.2) is 89.1 Å². The fourth-order valence-corrected chi connectivity index (χ4v) is 9.71. The van der Waals surface area contributed by atoms with Gasteiger partial charge in [0.2, 0.25) is 5.91 Å². The number of ether oxygens (including phenoxy) is 2. The first kappa shape index (κ1) is 34.6. The summed E-state index contributed by atoms with van der Waals surface area (Å²) in [6.45, 7) is 9.38. The minimum absolute atomic E-state index is 0.0910. The summed E-state index contributed by atoms with van der Waals surface area (Å²) in [5.74, 6) is 2.36. The number of phenolic OH excluding ortho intramolecular Hbond substituents is 1. The van der Waals surface area contributed by atoms with Crippen molar-refractivity contribution in [3.63, 3.8) is 0 Å². The fourth-order valence-electron chi connectivity index (χ4n) is 9.71. The van der Waals surface area contributed by atoms with Gasteiger partial charge in [0.15, 0.2) is 0 Å². The van der Waals surface area contributed by atoms with Crippen molar-refractivity contribution in [3.8, 4) is 17.2 Å². The van der Waals surface area contributed by atoms with E-state index in [4.69, 9.17) is 9.47 Å². The first-order valence-corrected chi connectivity index (χ1v) is 19.5. The molecule has 4 aliphatic heterocycles. The average Bonchev–Trinajstić information content (AvgIpc) is 3.87. The van der Waals surface area contributed by atoms with Crippen LogP contribution in [0.15, 0.2) is 103 Å². The van der Waals surface area contributed by atoms with E-state index in [9.17, 15) is 14.7 Å². The molecule has 0 saturated carbocycles. The zero-order valence-corrected chi connectivity index (χ0v) is 30.7. The normalized spacial score (nSPS) is 25.1. The van der Waals surface area contributed by atoms with Crippen LogP contribution in [0.25, 0.3) is 0 Å². The van der Waals surface area contributed by atoms with Crippen molar-refractivity contribution in [2.24, 2.45) is 0 Å². The minimum atomic E-state index is -0.458. The predicted octanol–water partition coefficient (Wildman–Crippen LogP) is 6.22. The third-order valence-corrected chi connectivity index (χ3v) is 12.4. The SMILES string of the molecule is C=C1CC[C@H](N2Cc3cc(OCCN4C[C@H]5C[C@@H]4CN5CCOc4ccc([C@@H]5c6ccc(O)cc6CC[C@@H]5c5ccccc5)cc4)ccc3C2=O)C(=O)N1. The second-order valence-corrected chi connectivity index (χ2v) is 15.6. The van der Waals surface area contributed by atoms with Crippen molar-refractivity contribution < 1.29 is 24.2 Å². The Morgan fingerprint density at radius 1 is 0.759 bits per heavy atom. The molecule has 4 aromatic carbocycles. The number of hydrogen-bond acceptors (Lipinski definition) is 7. The number of phenols is 1. The number of benzene rings is 4. The largest absolute Gasteiger partial charge is 0.508 e. The molecule has 4 aromatic rings. The van der Waals surface area contributed by atoms with Crippen molar-refractivity contribution >= 4 is 11.8 Å². The summed E-state index contributed by atoms with van der Waals surface area (Å²) in [4.78, 5) is 32.4. The second-order valence-electron chi connectivity index (χ2n) is 15.6. The number of piperidine rings is 1. The summed E-state index contributed by atoms with van der Waals surface area (Å²) in [5.41, 5.74) is 7.46. The third-order valence-electron chi connectivity index (χ3n) is 12.4. The van der Waals surface area contributed by atoms with E-state index in [1.165, 1.54) is 28.7 Å². The highest BCUT2D eigenvalue weighted by Gasteiger charge is 2.43. The van der Waals surface area contributed by atoms with Crippen molar-refractivity contribution in [1.82, 2.24) is 20.0 Å². The number of aryl methyl sites for hydroxylation is 1. The van der Waals surface area contributed by atoms with Crippen LogP contribution in [0.4, 0.5) is 0 Å². The standard InChI is InChI=1S/C45H48N4O5/c1-29-7-18-42(44(51)46-29)49-26-33-24-38(14-17-41(33)45(49)52)54-22-20-48-28-34-25-35(48)27-47(34)19-21-53-37-12-8-31(9-13-37)43-39(30-5-3-2-4-6-30)15-10-32-23-36(50)11-16-40(32)43/h2-6,8-9,11-14,16-17,23-24,34-35,39,42-43,50H,1,7,10,15,18-22,25-28H2,(H,46,51)/t34-,35-,39-,42+,43+/m1/s1. The lowest BCUT2D eigenvalue weighted by molar-refractivity contribution is -0.126. The molecule has 9 heteroatoms. The first-order chi connectivity index (χ1) is 26.4. The van der Waals surface area contributed by atoms with E-state index in [1.807, 2.05) is 30.3 Å². The molecular weight excluding hydrogens is 677 g/mol. The molecule has 0 radical (unpaired) electrons. The minimum Gasteiger partial charge on any atom is -0.508 e. The van der Waals surface area contributed by atoms with Gasteiger partial charge < -0.3 is 24.8 Å². The van der Waals surface area contributed by atoms with Crippen molar-refractivity contribution in [2.45, 2.75) is 68.6 Å². The summed E-state index contributed by atoms with van der Waals surface area (Å²) in [6.07, 6.45) is 4.47. The number of carbonyl (C=O) groups is 2. The highest BCUT2D eigenvalue weighted by Crippen LogP contribution is 2.47. The molecular formula is C45H48N4O5. The average molecular weight is 725 g/mol. The molecule has 1 aliphatic carbocycles. The van der Waals surface area contributed by atoms with E-state index >= 15 is 0 Å². The Hall–Kier alpha value is -5.12. The fraction of sp³-hybridized carbons (Fsp3) is 0.378. The van der Waals surface area contributed by atoms with E-state index in [0.717, 1.165) is 56.1 Å². The number of nitrogens with zero attached hydrogens (tertiary/aromatic N) is 3. The maximum absolute atomic E-state index is 13.1. The molecule has 54 heavy (non-hydrogen) atoms. The van der Waals surface area contributed by atoms with E-state index in [1.54, 1.807) is 4.90 Å². The highest BCUT2D eigenvalue weighted by atomic mass is 16.5. The van der Waals surface area contributed by atoms with Gasteiger partial charge in [-0.05, 0) is 108 Å². The number of amides is 2. The van der Waals surface area contributed by atoms with Crippen LogP contribution in [0.3, 0.4) is 0 Å². The monoisotopic (exact) mass is 724 g/mol. The van der Waals surface area contributed by atoms with Gasteiger partial charge in [-0.3, -0.25) is 19.4 Å². The number of likely N-dealkylation sites (tertiary alicyclic amines) is 2. The van der Waals surface area contributed by atoms with Gasteiger partial charge in [-0.25, -0.2) is 0 Å². The van der Waals surface area contributed by atoms with Gasteiger partial charge in [-0.2, -0.15) is 0 Å². The molecule has 278 valence electrons. The molecule has 3 saturated heterocycles. The van der Waals surface area contributed by atoms with E-state index in [0.29, 0.717) is 67.6 Å². The first-order valence-electron chi connectivity index (χ1n) is 19.5. The molecule has 9 rings (SSSR count). The number of aromatic hydroxyl groups is 1. The van der Waals surface area contributed by atoms with Crippen molar-refractivity contribution in [3.05, 3.63) is 137 Å². The Labute approximate surface area is 317 Å². The number of nitrogens with one attached hydrogen (secondary N) is 1. The van der Waals surface area contributed by atoms with Gasteiger partial charge in [0.05, 0.1) is 0 Å². The number of hydrogen-bond donors (Lipinski definition) is 2. The van der Waals surface area contributed by atoms with E-state index < -0.39 is 6.04 Å². The molecule has 2 bridgehead atoms.